The standard InChI is InChI=1S/C22H31FN4O/c1-18(2)21-17-26(22(28)6-3-14-27-15-4-11-24-27)13-5-12-25(21)16-19-7-9-20(23)10-8-19/h4,7-11,15,18,21H,3,5-6,12-14,16-17H2,1-2H3/t21-/m1/s1. The first-order chi connectivity index (χ1) is 13.5. The molecule has 1 aliphatic rings. The number of nitrogens with zero attached hydrogens (tertiary/aromatic N) is 4. The van der Waals surface area contributed by atoms with Crippen molar-refractivity contribution < 1.29 is 9.18 Å². The molecule has 1 aromatic heterocycles. The van der Waals surface area contributed by atoms with Crippen LogP contribution >= 0.6 is 0 Å². The predicted molar refractivity (Wildman–Crippen MR) is 108 cm³/mol. The van der Waals surface area contributed by atoms with Gasteiger partial charge in [0.05, 0.1) is 0 Å². The van der Waals surface area contributed by atoms with Crippen molar-refractivity contribution in [2.45, 2.75) is 52.2 Å². The Morgan fingerprint density at radius 3 is 2.71 bits per heavy atom. The maximum absolute atomic E-state index is 13.2. The van der Waals surface area contributed by atoms with Gasteiger partial charge in [-0.1, -0.05) is 26.0 Å². The van der Waals surface area contributed by atoms with Gasteiger partial charge in [-0.3, -0.25) is 14.4 Å². The fourth-order valence-corrected chi connectivity index (χ4v) is 3.93. The topological polar surface area (TPSA) is 41.4 Å². The fraction of sp³-hybridized carbons (Fsp3) is 0.545. The zero-order chi connectivity index (χ0) is 19.9. The number of halogens is 1. The third kappa shape index (κ3) is 5.64. The highest BCUT2D eigenvalue weighted by atomic mass is 19.1. The van der Waals surface area contributed by atoms with Gasteiger partial charge < -0.3 is 4.90 Å². The highest BCUT2D eigenvalue weighted by Crippen LogP contribution is 2.21. The van der Waals surface area contributed by atoms with Crippen molar-refractivity contribution in [3.63, 3.8) is 0 Å². The van der Waals surface area contributed by atoms with Crippen LogP contribution in [0.25, 0.3) is 0 Å². The lowest BCUT2D eigenvalue weighted by molar-refractivity contribution is -0.131. The first-order valence-corrected chi connectivity index (χ1v) is 10.3. The minimum atomic E-state index is -0.202. The summed E-state index contributed by atoms with van der Waals surface area (Å²) in [4.78, 5) is 17.3. The summed E-state index contributed by atoms with van der Waals surface area (Å²) in [5.74, 6) is 0.478. The van der Waals surface area contributed by atoms with E-state index in [4.69, 9.17) is 0 Å². The van der Waals surface area contributed by atoms with E-state index in [9.17, 15) is 9.18 Å². The molecule has 1 aromatic carbocycles. The van der Waals surface area contributed by atoms with Crippen molar-refractivity contribution in [3.8, 4) is 0 Å². The second-order valence-corrected chi connectivity index (χ2v) is 7.97. The number of aryl methyl sites for hydroxylation is 1. The van der Waals surface area contributed by atoms with Gasteiger partial charge in [0.2, 0.25) is 5.91 Å². The van der Waals surface area contributed by atoms with E-state index in [1.54, 1.807) is 6.20 Å². The molecule has 2 heterocycles. The molecule has 28 heavy (non-hydrogen) atoms. The van der Waals surface area contributed by atoms with Crippen LogP contribution in [-0.2, 0) is 17.9 Å². The van der Waals surface area contributed by atoms with Crippen LogP contribution in [0.3, 0.4) is 0 Å². The first-order valence-electron chi connectivity index (χ1n) is 10.3. The van der Waals surface area contributed by atoms with Crippen molar-refractivity contribution in [2.24, 2.45) is 5.92 Å². The highest BCUT2D eigenvalue weighted by Gasteiger charge is 2.29. The molecule has 0 bridgehead atoms. The smallest absolute Gasteiger partial charge is 0.222 e. The lowest BCUT2D eigenvalue weighted by Gasteiger charge is -2.34. The summed E-state index contributed by atoms with van der Waals surface area (Å²) in [7, 11) is 0. The van der Waals surface area contributed by atoms with Crippen LogP contribution < -0.4 is 0 Å². The molecule has 0 radical (unpaired) electrons. The van der Waals surface area contributed by atoms with E-state index in [0.717, 1.165) is 51.1 Å². The lowest BCUT2D eigenvalue weighted by Crippen LogP contribution is -2.45. The summed E-state index contributed by atoms with van der Waals surface area (Å²) in [5.41, 5.74) is 1.12. The zero-order valence-corrected chi connectivity index (χ0v) is 16.9. The maximum Gasteiger partial charge on any atom is 0.222 e. The van der Waals surface area contributed by atoms with Crippen LogP contribution in [0.5, 0.6) is 0 Å². The minimum Gasteiger partial charge on any atom is -0.341 e. The van der Waals surface area contributed by atoms with E-state index in [1.807, 2.05) is 34.0 Å². The molecule has 1 fully saturated rings. The SMILES string of the molecule is CC(C)[C@H]1CN(C(=O)CCCn2cccn2)CCCN1Cc1ccc(F)cc1. The van der Waals surface area contributed by atoms with E-state index in [1.165, 1.54) is 12.1 Å². The molecule has 1 atom stereocenters. The van der Waals surface area contributed by atoms with Gasteiger partial charge in [0.25, 0.3) is 0 Å². The Morgan fingerprint density at radius 2 is 2.04 bits per heavy atom. The van der Waals surface area contributed by atoms with Crippen molar-refractivity contribution >= 4 is 5.91 Å². The first kappa shape index (κ1) is 20.5. The van der Waals surface area contributed by atoms with Crippen LogP contribution in [0.2, 0.25) is 0 Å². The second kappa shape index (κ2) is 9.82. The van der Waals surface area contributed by atoms with Crippen LogP contribution in [0.15, 0.2) is 42.7 Å². The number of amides is 1. The lowest BCUT2D eigenvalue weighted by atomic mass is 10.0. The van der Waals surface area contributed by atoms with Crippen LogP contribution in [0, 0.1) is 11.7 Å². The van der Waals surface area contributed by atoms with Gasteiger partial charge in [-0.2, -0.15) is 5.10 Å². The van der Waals surface area contributed by atoms with Crippen LogP contribution in [0.1, 0.15) is 38.7 Å². The Labute approximate surface area is 167 Å². The number of rotatable bonds is 7. The van der Waals surface area contributed by atoms with Gasteiger partial charge in [0.1, 0.15) is 5.82 Å². The monoisotopic (exact) mass is 386 g/mol. The van der Waals surface area contributed by atoms with E-state index >= 15 is 0 Å². The summed E-state index contributed by atoms with van der Waals surface area (Å²) in [6.45, 7) is 8.53. The Balaban J connectivity index is 1.58. The normalized spacial score (nSPS) is 18.4. The predicted octanol–water partition coefficient (Wildman–Crippen LogP) is 3.56. The molecule has 0 N–H and O–H groups in total. The minimum absolute atomic E-state index is 0.202. The summed E-state index contributed by atoms with van der Waals surface area (Å²) in [6, 6.07) is 8.97. The average molecular weight is 387 g/mol. The van der Waals surface area contributed by atoms with Crippen molar-refractivity contribution in [1.29, 1.82) is 0 Å². The molecule has 0 spiro atoms. The summed E-state index contributed by atoms with van der Waals surface area (Å²) in [6.07, 6.45) is 6.03. The summed E-state index contributed by atoms with van der Waals surface area (Å²) < 4.78 is 15.1. The highest BCUT2D eigenvalue weighted by molar-refractivity contribution is 5.76. The van der Waals surface area contributed by atoms with Crippen LogP contribution in [0.4, 0.5) is 4.39 Å². The molecular formula is C22H31FN4O. The summed E-state index contributed by atoms with van der Waals surface area (Å²) in [5, 5.41) is 4.19. The molecule has 152 valence electrons. The number of hydrogen-bond donors (Lipinski definition) is 0. The fourth-order valence-electron chi connectivity index (χ4n) is 3.93. The van der Waals surface area contributed by atoms with E-state index in [-0.39, 0.29) is 11.7 Å². The molecule has 0 saturated carbocycles. The number of aromatic nitrogens is 2. The van der Waals surface area contributed by atoms with Crippen molar-refractivity contribution in [3.05, 3.63) is 54.1 Å². The molecule has 5 nitrogen and oxygen atoms in total. The molecule has 6 heteroatoms. The van der Waals surface area contributed by atoms with Crippen molar-refractivity contribution in [2.75, 3.05) is 19.6 Å². The third-order valence-corrected chi connectivity index (χ3v) is 5.51. The molecule has 1 saturated heterocycles. The maximum atomic E-state index is 13.2. The number of hydrogen-bond acceptors (Lipinski definition) is 3. The quantitative estimate of drug-likeness (QED) is 0.731. The molecular weight excluding hydrogens is 355 g/mol. The molecule has 3 rings (SSSR count). The summed E-state index contributed by atoms with van der Waals surface area (Å²) >= 11 is 0. The van der Waals surface area contributed by atoms with E-state index in [2.05, 4.69) is 23.8 Å². The van der Waals surface area contributed by atoms with E-state index in [0.29, 0.717) is 18.4 Å². The van der Waals surface area contributed by atoms with Crippen LogP contribution in [-0.4, -0.2) is 51.2 Å². The molecule has 2 aromatic rings. The third-order valence-electron chi connectivity index (χ3n) is 5.51. The molecule has 1 aliphatic heterocycles. The van der Waals surface area contributed by atoms with Gasteiger partial charge in [0.15, 0.2) is 0 Å². The zero-order valence-electron chi connectivity index (χ0n) is 16.9. The van der Waals surface area contributed by atoms with Gasteiger partial charge in [-0.15, -0.1) is 0 Å². The second-order valence-electron chi connectivity index (χ2n) is 7.97. The Bertz CT molecular complexity index is 730. The van der Waals surface area contributed by atoms with Gasteiger partial charge in [0, 0.05) is 57.6 Å². The number of carbonyl (C=O) groups excluding carboxylic acids is 1. The Kier molecular flexibility index (Phi) is 7.20. The Morgan fingerprint density at radius 1 is 1.25 bits per heavy atom. The average Bonchev–Trinajstić information content (AvgIpc) is 3.09. The molecule has 0 aliphatic carbocycles. The van der Waals surface area contributed by atoms with Gasteiger partial charge in [-0.25, -0.2) is 4.39 Å². The van der Waals surface area contributed by atoms with Crippen molar-refractivity contribution in [1.82, 2.24) is 19.6 Å². The largest absolute Gasteiger partial charge is 0.341 e. The molecule has 1 amide bonds. The number of benzene rings is 1. The van der Waals surface area contributed by atoms with Gasteiger partial charge in [-0.05, 0) is 42.5 Å². The number of carbonyl (C=O) groups is 1. The van der Waals surface area contributed by atoms with Gasteiger partial charge >= 0.3 is 0 Å². The Hall–Kier alpha value is -2.21. The van der Waals surface area contributed by atoms with E-state index < -0.39 is 0 Å². The molecule has 0 unspecified atom stereocenters.